The van der Waals surface area contributed by atoms with E-state index >= 15 is 0 Å². The zero-order chi connectivity index (χ0) is 15.2. The van der Waals surface area contributed by atoms with Gasteiger partial charge in [-0.2, -0.15) is 0 Å². The molecule has 4 nitrogen and oxygen atoms in total. The van der Waals surface area contributed by atoms with Crippen molar-refractivity contribution in [3.05, 3.63) is 29.8 Å². The number of nitrogens with zero attached hydrogens (tertiary/aromatic N) is 2. The minimum Gasteiger partial charge on any atom is -0.384 e. The number of carbonyl (C=O) groups is 1. The number of carbonyl (C=O) groups excluding carboxylic acids is 1. The number of piperidine rings is 1. The lowest BCUT2D eigenvalue weighted by Crippen LogP contribution is -2.33. The molecule has 1 N–H and O–H groups in total. The Morgan fingerprint density at radius 1 is 1.33 bits per heavy atom. The minimum atomic E-state index is 0.0973. The van der Waals surface area contributed by atoms with E-state index in [1.54, 1.807) is 11.8 Å². The molecular weight excluding hydrogens is 262 g/mol. The monoisotopic (exact) mass is 289 g/mol. The molecule has 2 rings (SSSR count). The quantitative estimate of drug-likeness (QED) is 0.904. The summed E-state index contributed by atoms with van der Waals surface area (Å²) < 4.78 is 0. The summed E-state index contributed by atoms with van der Waals surface area (Å²) in [5.41, 5.74) is 2.34. The van der Waals surface area contributed by atoms with Gasteiger partial charge < -0.3 is 15.1 Å². The first kappa shape index (κ1) is 15.8. The zero-order valence-electron chi connectivity index (χ0n) is 13.4. The number of amides is 1. The van der Waals surface area contributed by atoms with E-state index in [1.165, 1.54) is 31.5 Å². The Hall–Kier alpha value is -1.55. The van der Waals surface area contributed by atoms with Crippen molar-refractivity contribution in [2.24, 2.45) is 5.92 Å². The van der Waals surface area contributed by atoms with Gasteiger partial charge in [-0.25, -0.2) is 0 Å². The molecule has 1 aromatic rings. The normalized spacial score (nSPS) is 16.7. The zero-order valence-corrected chi connectivity index (χ0v) is 13.4. The highest BCUT2D eigenvalue weighted by Crippen LogP contribution is 2.20. The second kappa shape index (κ2) is 7.46. The molecule has 1 aliphatic heterocycles. The van der Waals surface area contributed by atoms with Crippen molar-refractivity contribution in [3.63, 3.8) is 0 Å². The van der Waals surface area contributed by atoms with Crippen molar-refractivity contribution in [1.29, 1.82) is 0 Å². The number of hydrogen-bond acceptors (Lipinski definition) is 3. The molecule has 0 unspecified atom stereocenters. The number of para-hydroxylation sites is 1. The molecule has 0 aromatic heterocycles. The molecule has 1 amide bonds. The first-order chi connectivity index (χ1) is 10.1. The van der Waals surface area contributed by atoms with Gasteiger partial charge >= 0.3 is 0 Å². The number of nitrogens with one attached hydrogen (secondary N) is 1. The Morgan fingerprint density at radius 2 is 2.00 bits per heavy atom. The molecule has 0 radical (unpaired) electrons. The van der Waals surface area contributed by atoms with Crippen LogP contribution in [0.4, 0.5) is 5.69 Å². The van der Waals surface area contributed by atoms with Crippen LogP contribution in [0.1, 0.15) is 25.3 Å². The second-order valence-electron chi connectivity index (χ2n) is 6.16. The lowest BCUT2D eigenvalue weighted by atomic mass is 9.97. The summed E-state index contributed by atoms with van der Waals surface area (Å²) >= 11 is 0. The smallest absolute Gasteiger partial charge is 0.219 e. The van der Waals surface area contributed by atoms with E-state index in [4.69, 9.17) is 0 Å². The number of benzene rings is 1. The first-order valence-electron chi connectivity index (χ1n) is 7.78. The van der Waals surface area contributed by atoms with E-state index in [0.29, 0.717) is 6.54 Å². The van der Waals surface area contributed by atoms with Gasteiger partial charge in [-0.1, -0.05) is 18.2 Å². The largest absolute Gasteiger partial charge is 0.384 e. The van der Waals surface area contributed by atoms with Crippen molar-refractivity contribution in [3.8, 4) is 0 Å². The average molecular weight is 289 g/mol. The molecule has 1 aromatic carbocycles. The van der Waals surface area contributed by atoms with Crippen LogP contribution in [-0.4, -0.2) is 49.4 Å². The molecule has 21 heavy (non-hydrogen) atoms. The fourth-order valence-corrected chi connectivity index (χ4v) is 2.72. The van der Waals surface area contributed by atoms with E-state index in [9.17, 15) is 4.79 Å². The van der Waals surface area contributed by atoms with Gasteiger partial charge in [-0.15, -0.1) is 0 Å². The van der Waals surface area contributed by atoms with Crippen LogP contribution in [0.2, 0.25) is 0 Å². The Morgan fingerprint density at radius 3 is 2.67 bits per heavy atom. The third-order valence-electron chi connectivity index (χ3n) is 4.38. The first-order valence-corrected chi connectivity index (χ1v) is 7.78. The fraction of sp³-hybridized carbons (Fsp3) is 0.588. The van der Waals surface area contributed by atoms with Gasteiger partial charge in [-0.3, -0.25) is 4.79 Å². The van der Waals surface area contributed by atoms with Gasteiger partial charge in [0, 0.05) is 32.7 Å². The van der Waals surface area contributed by atoms with Crippen LogP contribution >= 0.6 is 0 Å². The van der Waals surface area contributed by atoms with Crippen molar-refractivity contribution in [1.82, 2.24) is 9.80 Å². The van der Waals surface area contributed by atoms with Gasteiger partial charge in [0.15, 0.2) is 0 Å². The van der Waals surface area contributed by atoms with Gasteiger partial charge in [0.05, 0.1) is 0 Å². The van der Waals surface area contributed by atoms with E-state index in [1.807, 2.05) is 19.2 Å². The Balaban J connectivity index is 1.92. The van der Waals surface area contributed by atoms with Crippen LogP contribution in [0.15, 0.2) is 24.3 Å². The highest BCUT2D eigenvalue weighted by atomic mass is 16.2. The van der Waals surface area contributed by atoms with Crippen LogP contribution in [0.25, 0.3) is 0 Å². The molecule has 0 saturated carbocycles. The van der Waals surface area contributed by atoms with Crippen LogP contribution < -0.4 is 5.32 Å². The highest BCUT2D eigenvalue weighted by molar-refractivity contribution is 5.73. The number of anilines is 1. The van der Waals surface area contributed by atoms with Crippen molar-refractivity contribution >= 4 is 11.6 Å². The maximum absolute atomic E-state index is 11.4. The predicted octanol–water partition coefficient (Wildman–Crippen LogP) is 2.42. The Bertz CT molecular complexity index is 467. The van der Waals surface area contributed by atoms with Crippen molar-refractivity contribution < 1.29 is 4.79 Å². The number of hydrogen-bond donors (Lipinski definition) is 1. The molecule has 1 saturated heterocycles. The van der Waals surface area contributed by atoms with Crippen LogP contribution in [0.3, 0.4) is 0 Å². The highest BCUT2D eigenvalue weighted by Gasteiger charge is 2.16. The molecule has 0 atom stereocenters. The van der Waals surface area contributed by atoms with E-state index in [-0.39, 0.29) is 5.91 Å². The summed E-state index contributed by atoms with van der Waals surface area (Å²) in [7, 11) is 4.03. The maximum atomic E-state index is 11.4. The summed E-state index contributed by atoms with van der Waals surface area (Å²) in [6.07, 6.45) is 2.53. The molecular formula is C17H27N3O. The molecule has 1 fully saturated rings. The van der Waals surface area contributed by atoms with Crippen LogP contribution in [-0.2, 0) is 11.3 Å². The summed E-state index contributed by atoms with van der Waals surface area (Å²) in [6, 6.07) is 8.28. The van der Waals surface area contributed by atoms with Crippen molar-refractivity contribution in [2.75, 3.05) is 39.0 Å². The van der Waals surface area contributed by atoms with Gasteiger partial charge in [0.1, 0.15) is 0 Å². The van der Waals surface area contributed by atoms with E-state index in [0.717, 1.165) is 18.2 Å². The molecule has 1 aliphatic rings. The molecule has 1 heterocycles. The van der Waals surface area contributed by atoms with E-state index in [2.05, 4.69) is 29.4 Å². The summed E-state index contributed by atoms with van der Waals surface area (Å²) in [4.78, 5) is 15.5. The molecule has 4 heteroatoms. The lowest BCUT2D eigenvalue weighted by Gasteiger charge is -2.29. The third-order valence-corrected chi connectivity index (χ3v) is 4.38. The van der Waals surface area contributed by atoms with Crippen molar-refractivity contribution in [2.45, 2.75) is 26.3 Å². The van der Waals surface area contributed by atoms with Crippen LogP contribution in [0.5, 0.6) is 0 Å². The summed E-state index contributed by atoms with van der Waals surface area (Å²) in [5, 5.41) is 3.59. The van der Waals surface area contributed by atoms with Gasteiger partial charge in [0.2, 0.25) is 5.91 Å². The van der Waals surface area contributed by atoms with E-state index < -0.39 is 0 Å². The fourth-order valence-electron chi connectivity index (χ4n) is 2.72. The SMILES string of the molecule is CC(=O)N(C)Cc1ccccc1NCC1CCN(C)CC1. The third kappa shape index (κ3) is 4.74. The summed E-state index contributed by atoms with van der Waals surface area (Å²) in [6.45, 7) is 5.68. The Labute approximate surface area is 128 Å². The molecule has 0 aliphatic carbocycles. The topological polar surface area (TPSA) is 35.6 Å². The van der Waals surface area contributed by atoms with Gasteiger partial charge in [0.25, 0.3) is 0 Å². The second-order valence-corrected chi connectivity index (χ2v) is 6.16. The number of likely N-dealkylation sites (tertiary alicyclic amines) is 1. The predicted molar refractivity (Wildman–Crippen MR) is 87.3 cm³/mol. The Kier molecular flexibility index (Phi) is 5.62. The standard InChI is InChI=1S/C17H27N3O/c1-14(21)20(3)13-16-6-4-5-7-17(16)18-12-15-8-10-19(2)11-9-15/h4-7,15,18H,8-13H2,1-3H3. The number of rotatable bonds is 5. The molecule has 116 valence electrons. The summed E-state index contributed by atoms with van der Waals surface area (Å²) in [5.74, 6) is 0.847. The minimum absolute atomic E-state index is 0.0973. The molecule has 0 spiro atoms. The van der Waals surface area contributed by atoms with Crippen LogP contribution in [0, 0.1) is 5.92 Å². The average Bonchev–Trinajstić information content (AvgIpc) is 2.48. The van der Waals surface area contributed by atoms with Gasteiger partial charge in [-0.05, 0) is 50.5 Å². The maximum Gasteiger partial charge on any atom is 0.219 e. The molecule has 0 bridgehead atoms. The lowest BCUT2D eigenvalue weighted by molar-refractivity contribution is -0.128.